The first-order valence-electron chi connectivity index (χ1n) is 4.11. The average molecular weight is 325 g/mol. The van der Waals surface area contributed by atoms with Crippen LogP contribution in [0.25, 0.3) is 0 Å². The SMILES string of the molecule is CC(C)(C)OC(=O)Nc1sccc1I. The van der Waals surface area contributed by atoms with Crippen LogP contribution in [0.2, 0.25) is 0 Å². The van der Waals surface area contributed by atoms with Gasteiger partial charge in [-0.15, -0.1) is 11.3 Å². The predicted molar refractivity (Wildman–Crippen MR) is 66.9 cm³/mol. The first-order valence-corrected chi connectivity index (χ1v) is 6.07. The first kappa shape index (κ1) is 11.8. The van der Waals surface area contributed by atoms with Crippen molar-refractivity contribution in [1.29, 1.82) is 0 Å². The summed E-state index contributed by atoms with van der Waals surface area (Å²) in [4.78, 5) is 11.3. The topological polar surface area (TPSA) is 38.3 Å². The smallest absolute Gasteiger partial charge is 0.412 e. The van der Waals surface area contributed by atoms with Gasteiger partial charge >= 0.3 is 6.09 Å². The molecule has 1 aromatic rings. The van der Waals surface area contributed by atoms with Crippen molar-refractivity contribution in [3.63, 3.8) is 0 Å². The van der Waals surface area contributed by atoms with E-state index in [4.69, 9.17) is 4.74 Å². The number of ether oxygens (including phenoxy) is 1. The molecule has 1 rings (SSSR count). The molecule has 1 aromatic heterocycles. The third kappa shape index (κ3) is 3.83. The molecule has 1 heterocycles. The van der Waals surface area contributed by atoms with E-state index in [1.165, 1.54) is 11.3 Å². The molecule has 0 atom stereocenters. The van der Waals surface area contributed by atoms with Crippen LogP contribution in [-0.4, -0.2) is 11.7 Å². The molecule has 0 aliphatic heterocycles. The van der Waals surface area contributed by atoms with Crippen molar-refractivity contribution in [2.24, 2.45) is 0 Å². The van der Waals surface area contributed by atoms with Gasteiger partial charge in [0, 0.05) is 3.57 Å². The second kappa shape index (κ2) is 4.48. The second-order valence-corrected chi connectivity index (χ2v) is 5.80. The third-order valence-electron chi connectivity index (χ3n) is 1.23. The van der Waals surface area contributed by atoms with Crippen molar-refractivity contribution < 1.29 is 9.53 Å². The maximum Gasteiger partial charge on any atom is 0.412 e. The molecule has 0 aliphatic rings. The molecule has 5 heteroatoms. The van der Waals surface area contributed by atoms with Gasteiger partial charge in [-0.2, -0.15) is 0 Å². The van der Waals surface area contributed by atoms with Gasteiger partial charge in [-0.3, -0.25) is 5.32 Å². The lowest BCUT2D eigenvalue weighted by Gasteiger charge is -2.19. The van der Waals surface area contributed by atoms with E-state index in [-0.39, 0.29) is 0 Å². The first-order chi connectivity index (χ1) is 6.38. The fraction of sp³-hybridized carbons (Fsp3) is 0.444. The number of nitrogens with one attached hydrogen (secondary N) is 1. The van der Waals surface area contributed by atoms with Crippen LogP contribution in [0.1, 0.15) is 20.8 Å². The monoisotopic (exact) mass is 325 g/mol. The highest BCUT2D eigenvalue weighted by Crippen LogP contribution is 2.25. The molecule has 3 nitrogen and oxygen atoms in total. The number of thiophene rings is 1. The van der Waals surface area contributed by atoms with E-state index in [0.717, 1.165) is 8.57 Å². The van der Waals surface area contributed by atoms with Crippen LogP contribution < -0.4 is 5.32 Å². The lowest BCUT2D eigenvalue weighted by atomic mass is 10.2. The van der Waals surface area contributed by atoms with E-state index >= 15 is 0 Å². The summed E-state index contributed by atoms with van der Waals surface area (Å²) in [5, 5.41) is 5.45. The van der Waals surface area contributed by atoms with Gasteiger partial charge in [0.25, 0.3) is 0 Å². The van der Waals surface area contributed by atoms with Crippen molar-refractivity contribution in [2.75, 3.05) is 5.32 Å². The fourth-order valence-corrected chi connectivity index (χ4v) is 2.38. The van der Waals surface area contributed by atoms with Crippen LogP contribution in [0, 0.1) is 3.57 Å². The molecular formula is C9H12INO2S. The summed E-state index contributed by atoms with van der Waals surface area (Å²) in [5.74, 6) is 0. The number of carbonyl (C=O) groups is 1. The quantitative estimate of drug-likeness (QED) is 0.800. The molecule has 0 saturated carbocycles. The van der Waals surface area contributed by atoms with Gasteiger partial charge in [0.05, 0.1) is 0 Å². The zero-order valence-electron chi connectivity index (χ0n) is 8.26. The largest absolute Gasteiger partial charge is 0.444 e. The molecule has 0 aromatic carbocycles. The van der Waals surface area contributed by atoms with Crippen molar-refractivity contribution in [1.82, 2.24) is 0 Å². The van der Waals surface area contributed by atoms with Crippen molar-refractivity contribution in [2.45, 2.75) is 26.4 Å². The number of rotatable bonds is 1. The van der Waals surface area contributed by atoms with Gasteiger partial charge in [-0.05, 0) is 54.8 Å². The van der Waals surface area contributed by atoms with Gasteiger partial charge in [0.2, 0.25) is 0 Å². The molecule has 0 spiro atoms. The Balaban J connectivity index is 2.54. The number of halogens is 1. The Kier molecular flexibility index (Phi) is 3.77. The van der Waals surface area contributed by atoms with Crippen LogP contribution in [0.15, 0.2) is 11.4 Å². The van der Waals surface area contributed by atoms with Gasteiger partial charge < -0.3 is 4.74 Å². The Morgan fingerprint density at radius 2 is 2.21 bits per heavy atom. The van der Waals surface area contributed by atoms with E-state index in [1.54, 1.807) is 0 Å². The van der Waals surface area contributed by atoms with Crippen molar-refractivity contribution in [3.8, 4) is 0 Å². The minimum absolute atomic E-state index is 0.405. The maximum atomic E-state index is 11.3. The maximum absolute atomic E-state index is 11.3. The summed E-state index contributed by atoms with van der Waals surface area (Å²) >= 11 is 3.65. The zero-order chi connectivity index (χ0) is 10.8. The minimum atomic E-state index is -0.452. The standard InChI is InChI=1S/C9H12INO2S/c1-9(2,3)13-8(12)11-7-6(10)4-5-14-7/h4-5H,1-3H3,(H,11,12). The lowest BCUT2D eigenvalue weighted by Crippen LogP contribution is -2.27. The molecule has 1 N–H and O–H groups in total. The molecule has 14 heavy (non-hydrogen) atoms. The van der Waals surface area contributed by atoms with Crippen LogP contribution in [0.3, 0.4) is 0 Å². The zero-order valence-corrected chi connectivity index (χ0v) is 11.2. The Hall–Kier alpha value is -0.300. The van der Waals surface area contributed by atoms with E-state index in [9.17, 15) is 4.79 Å². The predicted octanol–water partition coefficient (Wildman–Crippen LogP) is 3.70. The molecule has 0 saturated heterocycles. The highest BCUT2D eigenvalue weighted by Gasteiger charge is 2.17. The summed E-state index contributed by atoms with van der Waals surface area (Å²) in [6, 6.07) is 1.94. The van der Waals surface area contributed by atoms with Crippen molar-refractivity contribution in [3.05, 3.63) is 15.0 Å². The fourth-order valence-electron chi connectivity index (χ4n) is 0.779. The highest BCUT2D eigenvalue weighted by molar-refractivity contribution is 14.1. The molecule has 0 radical (unpaired) electrons. The van der Waals surface area contributed by atoms with E-state index < -0.39 is 11.7 Å². The normalized spacial score (nSPS) is 11.1. The summed E-state index contributed by atoms with van der Waals surface area (Å²) in [6.07, 6.45) is -0.405. The van der Waals surface area contributed by atoms with Crippen LogP contribution in [0.4, 0.5) is 9.80 Å². The van der Waals surface area contributed by atoms with Crippen molar-refractivity contribution >= 4 is 45.0 Å². The molecular weight excluding hydrogens is 313 g/mol. The van der Waals surface area contributed by atoms with Crippen LogP contribution in [-0.2, 0) is 4.74 Å². The molecule has 0 aliphatic carbocycles. The Labute approximate surface area is 101 Å². The van der Waals surface area contributed by atoms with Gasteiger partial charge in [-0.1, -0.05) is 0 Å². The van der Waals surface area contributed by atoms with Crippen LogP contribution in [0.5, 0.6) is 0 Å². The number of amides is 1. The Morgan fingerprint density at radius 3 is 2.64 bits per heavy atom. The number of anilines is 1. The molecule has 0 fully saturated rings. The number of hydrogen-bond donors (Lipinski definition) is 1. The lowest BCUT2D eigenvalue weighted by molar-refractivity contribution is 0.0636. The van der Waals surface area contributed by atoms with Crippen LogP contribution >= 0.6 is 33.9 Å². The average Bonchev–Trinajstić information content (AvgIpc) is 2.32. The number of hydrogen-bond acceptors (Lipinski definition) is 3. The second-order valence-electron chi connectivity index (χ2n) is 3.72. The van der Waals surface area contributed by atoms with E-state index in [0.29, 0.717) is 0 Å². The highest BCUT2D eigenvalue weighted by atomic mass is 127. The van der Waals surface area contributed by atoms with Gasteiger partial charge in [0.1, 0.15) is 10.6 Å². The third-order valence-corrected chi connectivity index (χ3v) is 3.33. The molecule has 1 amide bonds. The Bertz CT molecular complexity index is 330. The summed E-state index contributed by atoms with van der Waals surface area (Å²) in [6.45, 7) is 5.52. The summed E-state index contributed by atoms with van der Waals surface area (Å²) < 4.78 is 6.15. The van der Waals surface area contributed by atoms with E-state index in [2.05, 4.69) is 27.9 Å². The molecule has 0 unspecified atom stereocenters. The van der Waals surface area contributed by atoms with Gasteiger partial charge in [0.15, 0.2) is 0 Å². The summed E-state index contributed by atoms with van der Waals surface area (Å²) in [7, 11) is 0. The Morgan fingerprint density at radius 1 is 1.57 bits per heavy atom. The van der Waals surface area contributed by atoms with E-state index in [1.807, 2.05) is 32.2 Å². The minimum Gasteiger partial charge on any atom is -0.444 e. The summed E-state index contributed by atoms with van der Waals surface area (Å²) in [5.41, 5.74) is -0.452. The van der Waals surface area contributed by atoms with Gasteiger partial charge in [-0.25, -0.2) is 4.79 Å². The molecule has 78 valence electrons. The molecule has 0 bridgehead atoms. The number of carbonyl (C=O) groups excluding carboxylic acids is 1.